The molecule has 5 heteroatoms. The molecule has 0 radical (unpaired) electrons. The van der Waals surface area contributed by atoms with Crippen LogP contribution < -0.4 is 5.73 Å². The average Bonchev–Trinajstić information content (AvgIpc) is 2.66. The summed E-state index contributed by atoms with van der Waals surface area (Å²) in [6.45, 7) is 0. The van der Waals surface area contributed by atoms with Crippen LogP contribution in [-0.2, 0) is 0 Å². The first kappa shape index (κ1) is 10.3. The van der Waals surface area contributed by atoms with Gasteiger partial charge in [-0.25, -0.2) is 0 Å². The van der Waals surface area contributed by atoms with Gasteiger partial charge >= 0.3 is 0 Å². The molecule has 0 amide bonds. The third-order valence-electron chi connectivity index (χ3n) is 2.12. The minimum atomic E-state index is -0.239. The van der Waals surface area contributed by atoms with Gasteiger partial charge in [-0.3, -0.25) is 4.79 Å². The summed E-state index contributed by atoms with van der Waals surface area (Å²) in [6.07, 6.45) is 1.46. The van der Waals surface area contributed by atoms with Gasteiger partial charge in [0.1, 0.15) is 0 Å². The van der Waals surface area contributed by atoms with Gasteiger partial charge in [0.05, 0.1) is 22.7 Å². The van der Waals surface area contributed by atoms with Crippen LogP contribution in [0.3, 0.4) is 0 Å². The van der Waals surface area contributed by atoms with Gasteiger partial charge < -0.3 is 10.2 Å². The summed E-state index contributed by atoms with van der Waals surface area (Å²) in [4.78, 5) is 11.6. The molecule has 2 aromatic rings. The molecule has 0 saturated carbocycles. The number of hydrogen-bond donors (Lipinski definition) is 1. The van der Waals surface area contributed by atoms with E-state index in [1.165, 1.54) is 12.3 Å². The predicted molar refractivity (Wildman–Crippen MR) is 60.7 cm³/mol. The Bertz CT molecular complexity index is 533. The number of rotatable bonds is 2. The highest BCUT2D eigenvalue weighted by Crippen LogP contribution is 2.32. The number of ketones is 1. The Hall–Kier alpha value is -1.19. The number of furan rings is 1. The van der Waals surface area contributed by atoms with Gasteiger partial charge in [-0.1, -0.05) is 11.6 Å². The molecule has 1 aromatic carbocycles. The molecule has 15 heavy (non-hydrogen) atoms. The molecule has 0 atom stereocenters. The van der Waals surface area contributed by atoms with Crippen molar-refractivity contribution in [3.8, 4) is 0 Å². The van der Waals surface area contributed by atoms with E-state index >= 15 is 0 Å². The van der Waals surface area contributed by atoms with Crippen LogP contribution >= 0.6 is 23.2 Å². The van der Waals surface area contributed by atoms with Gasteiger partial charge in [0, 0.05) is 11.1 Å². The lowest BCUT2D eigenvalue weighted by molar-refractivity contribution is 0.102. The van der Waals surface area contributed by atoms with E-state index in [9.17, 15) is 4.79 Å². The van der Waals surface area contributed by atoms with E-state index in [2.05, 4.69) is 0 Å². The molecule has 3 nitrogen and oxygen atoms in total. The number of halogens is 2. The number of carbonyl (C=O) groups excluding carboxylic acids is 1. The van der Waals surface area contributed by atoms with Gasteiger partial charge in [0.2, 0.25) is 0 Å². The SMILES string of the molecule is Nc1cc(Cl)c2occc2c1C(=O)CCl. The predicted octanol–water partition coefficient (Wildman–Crippen LogP) is 3.09. The second-order valence-corrected chi connectivity index (χ2v) is 3.72. The first-order chi connectivity index (χ1) is 7.15. The number of anilines is 1. The molecule has 2 rings (SSSR count). The lowest BCUT2D eigenvalue weighted by atomic mass is 10.0. The van der Waals surface area contributed by atoms with E-state index in [-0.39, 0.29) is 11.7 Å². The maximum atomic E-state index is 11.6. The van der Waals surface area contributed by atoms with Crippen molar-refractivity contribution < 1.29 is 9.21 Å². The number of nitrogen functional groups attached to an aromatic ring is 1. The standard InChI is InChI=1S/C10H7Cl2NO2/c11-4-8(14)9-5-1-2-15-10(5)6(12)3-7(9)13/h1-3H,4,13H2. The van der Waals surface area contributed by atoms with Crippen molar-refractivity contribution >= 4 is 45.6 Å². The number of nitrogens with two attached hydrogens (primary N) is 1. The molecular weight excluding hydrogens is 237 g/mol. The van der Waals surface area contributed by atoms with Crippen molar-refractivity contribution in [3.63, 3.8) is 0 Å². The van der Waals surface area contributed by atoms with E-state index < -0.39 is 0 Å². The first-order valence-corrected chi connectivity index (χ1v) is 5.10. The third kappa shape index (κ3) is 1.58. The highest BCUT2D eigenvalue weighted by molar-refractivity contribution is 6.37. The zero-order valence-corrected chi connectivity index (χ0v) is 9.10. The minimum absolute atomic E-state index is 0.119. The zero-order valence-electron chi connectivity index (χ0n) is 7.59. The van der Waals surface area contributed by atoms with Gasteiger partial charge in [-0.15, -0.1) is 11.6 Å². The molecule has 0 fully saturated rings. The van der Waals surface area contributed by atoms with Crippen molar-refractivity contribution in [3.05, 3.63) is 29.0 Å². The monoisotopic (exact) mass is 243 g/mol. The van der Waals surface area contributed by atoms with Crippen LogP contribution in [0.4, 0.5) is 5.69 Å². The second-order valence-electron chi connectivity index (χ2n) is 3.04. The number of alkyl halides is 1. The normalized spacial score (nSPS) is 10.8. The van der Waals surface area contributed by atoms with Crippen LogP contribution in [0.2, 0.25) is 5.02 Å². The highest BCUT2D eigenvalue weighted by atomic mass is 35.5. The van der Waals surface area contributed by atoms with Gasteiger partial charge in [0.25, 0.3) is 0 Å². The van der Waals surface area contributed by atoms with E-state index in [0.717, 1.165) is 0 Å². The smallest absolute Gasteiger partial charge is 0.180 e. The lowest BCUT2D eigenvalue weighted by Gasteiger charge is -2.05. The van der Waals surface area contributed by atoms with Crippen LogP contribution in [0.15, 0.2) is 22.8 Å². The van der Waals surface area contributed by atoms with E-state index in [1.54, 1.807) is 6.07 Å². The van der Waals surface area contributed by atoms with Crippen molar-refractivity contribution in [1.29, 1.82) is 0 Å². The van der Waals surface area contributed by atoms with Crippen LogP contribution in [0.5, 0.6) is 0 Å². The van der Waals surface area contributed by atoms with Crippen molar-refractivity contribution in [2.75, 3.05) is 11.6 Å². The molecule has 0 aliphatic carbocycles. The summed E-state index contributed by atoms with van der Waals surface area (Å²) in [5, 5.41) is 0.990. The molecule has 0 aliphatic rings. The lowest BCUT2D eigenvalue weighted by Crippen LogP contribution is -2.05. The molecular formula is C10H7Cl2NO2. The minimum Gasteiger partial charge on any atom is -0.463 e. The summed E-state index contributed by atoms with van der Waals surface area (Å²) < 4.78 is 5.16. The quantitative estimate of drug-likeness (QED) is 0.501. The Morgan fingerprint density at radius 2 is 2.27 bits per heavy atom. The number of hydrogen-bond acceptors (Lipinski definition) is 3. The molecule has 2 N–H and O–H groups in total. The zero-order chi connectivity index (χ0) is 11.0. The number of benzene rings is 1. The van der Waals surface area contributed by atoms with Crippen LogP contribution in [0, 0.1) is 0 Å². The Morgan fingerprint density at radius 3 is 2.93 bits per heavy atom. The van der Waals surface area contributed by atoms with Crippen LogP contribution in [-0.4, -0.2) is 11.7 Å². The number of Topliss-reactive ketones (excluding diaryl/α,β-unsaturated/α-hetero) is 1. The Kier molecular flexibility index (Phi) is 2.59. The topological polar surface area (TPSA) is 56.2 Å². The maximum absolute atomic E-state index is 11.6. The van der Waals surface area contributed by atoms with Crippen molar-refractivity contribution in [1.82, 2.24) is 0 Å². The highest BCUT2D eigenvalue weighted by Gasteiger charge is 2.17. The molecule has 78 valence electrons. The summed E-state index contributed by atoms with van der Waals surface area (Å²) in [5.41, 5.74) is 6.87. The summed E-state index contributed by atoms with van der Waals surface area (Å²) >= 11 is 11.4. The van der Waals surface area contributed by atoms with Gasteiger partial charge in [-0.2, -0.15) is 0 Å². The molecule has 0 bridgehead atoms. The third-order valence-corrected chi connectivity index (χ3v) is 2.65. The number of carbonyl (C=O) groups is 1. The van der Waals surface area contributed by atoms with E-state index in [1.807, 2.05) is 0 Å². The summed E-state index contributed by atoms with van der Waals surface area (Å²) in [6, 6.07) is 3.14. The molecule has 1 heterocycles. The summed E-state index contributed by atoms with van der Waals surface area (Å²) in [7, 11) is 0. The fourth-order valence-electron chi connectivity index (χ4n) is 1.50. The summed E-state index contributed by atoms with van der Waals surface area (Å²) in [5.74, 6) is -0.358. The van der Waals surface area contributed by atoms with E-state index in [4.69, 9.17) is 33.4 Å². The van der Waals surface area contributed by atoms with Crippen molar-refractivity contribution in [2.24, 2.45) is 0 Å². The Morgan fingerprint density at radius 1 is 1.53 bits per heavy atom. The van der Waals surface area contributed by atoms with Crippen LogP contribution in [0.25, 0.3) is 11.0 Å². The number of fused-ring (bicyclic) bond motifs is 1. The molecule has 0 aliphatic heterocycles. The Labute approximate surface area is 95.7 Å². The second kappa shape index (κ2) is 3.76. The van der Waals surface area contributed by atoms with Gasteiger partial charge in [-0.05, 0) is 12.1 Å². The molecule has 1 aromatic heterocycles. The fraction of sp³-hybridized carbons (Fsp3) is 0.100. The maximum Gasteiger partial charge on any atom is 0.180 e. The molecule has 0 spiro atoms. The molecule has 0 saturated heterocycles. The van der Waals surface area contributed by atoms with Crippen LogP contribution in [0.1, 0.15) is 10.4 Å². The first-order valence-electron chi connectivity index (χ1n) is 4.19. The van der Waals surface area contributed by atoms with E-state index in [0.29, 0.717) is 27.2 Å². The largest absolute Gasteiger partial charge is 0.463 e. The fourth-order valence-corrected chi connectivity index (χ4v) is 1.90. The van der Waals surface area contributed by atoms with Gasteiger partial charge in [0.15, 0.2) is 11.4 Å². The average molecular weight is 244 g/mol. The Balaban J connectivity index is 2.82. The molecule has 0 unspecified atom stereocenters. The van der Waals surface area contributed by atoms with Crippen molar-refractivity contribution in [2.45, 2.75) is 0 Å².